The summed E-state index contributed by atoms with van der Waals surface area (Å²) >= 11 is 0. The largest absolute Gasteiger partial charge is 0.356 e. The van der Waals surface area contributed by atoms with Crippen molar-refractivity contribution in [1.82, 2.24) is 10.6 Å². The Labute approximate surface area is 82.2 Å². The second-order valence-electron chi connectivity index (χ2n) is 3.46. The molecule has 14 heavy (non-hydrogen) atoms. The Morgan fingerprint density at radius 3 is 2.93 bits per heavy atom. The molecule has 1 heterocycles. The lowest BCUT2D eigenvalue weighted by atomic mass is 9.99. The van der Waals surface area contributed by atoms with Crippen molar-refractivity contribution in [1.29, 1.82) is 0 Å². The third-order valence-corrected chi connectivity index (χ3v) is 2.25. The molecule has 0 aliphatic carbocycles. The highest BCUT2D eigenvalue weighted by atomic mass is 16.2. The molecule has 0 aromatic rings. The summed E-state index contributed by atoms with van der Waals surface area (Å²) in [6.07, 6.45) is 1.81. The Hall–Kier alpha value is -1.39. The summed E-state index contributed by atoms with van der Waals surface area (Å²) in [4.78, 5) is 32.5. The maximum Gasteiger partial charge on any atom is 0.223 e. The van der Waals surface area contributed by atoms with Gasteiger partial charge in [0, 0.05) is 19.4 Å². The Morgan fingerprint density at radius 2 is 2.50 bits per heavy atom. The van der Waals surface area contributed by atoms with Crippen LogP contribution in [-0.4, -0.2) is 30.7 Å². The lowest BCUT2D eigenvalue weighted by Gasteiger charge is -2.13. The fraction of sp³-hybridized carbons (Fsp3) is 0.667. The van der Waals surface area contributed by atoms with Gasteiger partial charge < -0.3 is 15.4 Å². The van der Waals surface area contributed by atoms with Gasteiger partial charge >= 0.3 is 0 Å². The number of aldehydes is 1. The van der Waals surface area contributed by atoms with Crippen molar-refractivity contribution in [3.05, 3.63) is 0 Å². The summed E-state index contributed by atoms with van der Waals surface area (Å²) in [7, 11) is 0. The molecule has 5 nitrogen and oxygen atoms in total. The minimum absolute atomic E-state index is 0.0257. The van der Waals surface area contributed by atoms with Crippen LogP contribution in [0.5, 0.6) is 0 Å². The number of carbonyl (C=O) groups is 3. The predicted molar refractivity (Wildman–Crippen MR) is 49.4 cm³/mol. The Bertz CT molecular complexity index is 252. The van der Waals surface area contributed by atoms with E-state index in [1.54, 1.807) is 0 Å². The highest BCUT2D eigenvalue weighted by Crippen LogP contribution is 2.15. The van der Waals surface area contributed by atoms with Crippen molar-refractivity contribution >= 4 is 18.1 Å². The average molecular weight is 198 g/mol. The maximum absolute atomic E-state index is 11.2. The number of hydrogen-bond acceptors (Lipinski definition) is 3. The van der Waals surface area contributed by atoms with Crippen LogP contribution < -0.4 is 10.6 Å². The van der Waals surface area contributed by atoms with E-state index in [-0.39, 0.29) is 17.7 Å². The minimum Gasteiger partial charge on any atom is -0.356 e. The summed E-state index contributed by atoms with van der Waals surface area (Å²) in [6.45, 7) is 2.01. The molecule has 1 aliphatic rings. The topological polar surface area (TPSA) is 75.3 Å². The van der Waals surface area contributed by atoms with E-state index in [0.717, 1.165) is 6.42 Å². The number of nitrogens with one attached hydrogen (secondary N) is 2. The lowest BCUT2D eigenvalue weighted by Crippen LogP contribution is -2.37. The monoisotopic (exact) mass is 198 g/mol. The maximum atomic E-state index is 11.2. The Kier molecular flexibility index (Phi) is 3.62. The van der Waals surface area contributed by atoms with E-state index < -0.39 is 6.04 Å². The summed E-state index contributed by atoms with van der Waals surface area (Å²) in [5.74, 6) is -0.417. The number of rotatable bonds is 4. The second-order valence-corrected chi connectivity index (χ2v) is 3.46. The molecule has 78 valence electrons. The predicted octanol–water partition coefficient (Wildman–Crippen LogP) is -0.784. The van der Waals surface area contributed by atoms with E-state index in [1.165, 1.54) is 6.92 Å². The van der Waals surface area contributed by atoms with E-state index in [0.29, 0.717) is 19.3 Å². The molecule has 0 spiro atoms. The number of hydrogen-bond donors (Lipinski definition) is 2. The van der Waals surface area contributed by atoms with Gasteiger partial charge in [0.1, 0.15) is 6.29 Å². The average Bonchev–Trinajstić information content (AvgIpc) is 2.50. The van der Waals surface area contributed by atoms with E-state index in [2.05, 4.69) is 10.6 Å². The van der Waals surface area contributed by atoms with Gasteiger partial charge in [-0.3, -0.25) is 9.59 Å². The number of amides is 2. The summed E-state index contributed by atoms with van der Waals surface area (Å²) in [5, 5.41) is 5.17. The first-order valence-electron chi connectivity index (χ1n) is 4.63. The smallest absolute Gasteiger partial charge is 0.223 e. The molecule has 0 radical (unpaired) electrons. The van der Waals surface area contributed by atoms with Crippen LogP contribution in [-0.2, 0) is 14.4 Å². The zero-order chi connectivity index (χ0) is 10.6. The summed E-state index contributed by atoms with van der Waals surface area (Å²) < 4.78 is 0. The van der Waals surface area contributed by atoms with E-state index in [1.807, 2.05) is 0 Å². The van der Waals surface area contributed by atoms with Crippen LogP contribution in [0.1, 0.15) is 19.8 Å². The molecular formula is C9H14N2O3. The van der Waals surface area contributed by atoms with Crippen molar-refractivity contribution in [3.63, 3.8) is 0 Å². The van der Waals surface area contributed by atoms with Crippen molar-refractivity contribution in [2.75, 3.05) is 6.54 Å². The zero-order valence-corrected chi connectivity index (χ0v) is 8.08. The van der Waals surface area contributed by atoms with Gasteiger partial charge in [-0.2, -0.15) is 0 Å². The van der Waals surface area contributed by atoms with Crippen molar-refractivity contribution in [2.45, 2.75) is 25.8 Å². The molecule has 0 saturated carbocycles. The van der Waals surface area contributed by atoms with Gasteiger partial charge in [0.25, 0.3) is 0 Å². The molecule has 5 heteroatoms. The van der Waals surface area contributed by atoms with Crippen molar-refractivity contribution < 1.29 is 14.4 Å². The van der Waals surface area contributed by atoms with Crippen molar-refractivity contribution in [3.8, 4) is 0 Å². The molecule has 2 amide bonds. The van der Waals surface area contributed by atoms with Gasteiger partial charge in [-0.05, 0) is 12.8 Å². The third kappa shape index (κ3) is 2.83. The minimum atomic E-state index is -0.540. The Balaban J connectivity index is 2.43. The van der Waals surface area contributed by atoms with Crippen LogP contribution in [0.25, 0.3) is 0 Å². The highest BCUT2D eigenvalue weighted by molar-refractivity contribution is 5.82. The Morgan fingerprint density at radius 1 is 1.79 bits per heavy atom. The molecule has 1 aliphatic heterocycles. The molecule has 0 unspecified atom stereocenters. The lowest BCUT2D eigenvalue weighted by molar-refractivity contribution is -0.125. The zero-order valence-electron chi connectivity index (χ0n) is 8.08. The number of carbonyl (C=O) groups excluding carboxylic acids is 3. The van der Waals surface area contributed by atoms with E-state index in [9.17, 15) is 14.4 Å². The molecule has 0 bridgehead atoms. The normalized spacial score (nSPS) is 22.6. The van der Waals surface area contributed by atoms with Gasteiger partial charge in [-0.25, -0.2) is 0 Å². The first-order chi connectivity index (χ1) is 6.63. The van der Waals surface area contributed by atoms with Crippen LogP contribution in [0.15, 0.2) is 0 Å². The van der Waals surface area contributed by atoms with Gasteiger partial charge in [-0.15, -0.1) is 0 Å². The third-order valence-electron chi connectivity index (χ3n) is 2.25. The fourth-order valence-corrected chi connectivity index (χ4v) is 1.59. The molecule has 0 aromatic carbocycles. The standard InChI is InChI=1S/C9H14N2O3/c1-6(13)11-8(5-12)4-7-2-3-10-9(7)14/h5,7-8H,2-4H2,1H3,(H,10,14)(H,11,13)/t7-,8-/m0/s1. The molecule has 1 saturated heterocycles. The fourth-order valence-electron chi connectivity index (χ4n) is 1.59. The summed E-state index contributed by atoms with van der Waals surface area (Å²) in [5.41, 5.74) is 0. The molecule has 2 atom stereocenters. The summed E-state index contributed by atoms with van der Waals surface area (Å²) in [6, 6.07) is -0.540. The van der Waals surface area contributed by atoms with Gasteiger partial charge in [0.05, 0.1) is 6.04 Å². The second kappa shape index (κ2) is 4.74. The SMILES string of the molecule is CC(=O)N[C@H](C=O)C[C@@H]1CCNC1=O. The quantitative estimate of drug-likeness (QED) is 0.582. The van der Waals surface area contributed by atoms with Gasteiger partial charge in [0.2, 0.25) is 11.8 Å². The van der Waals surface area contributed by atoms with E-state index >= 15 is 0 Å². The first-order valence-corrected chi connectivity index (χ1v) is 4.63. The van der Waals surface area contributed by atoms with Gasteiger partial charge in [0.15, 0.2) is 0 Å². The molecular weight excluding hydrogens is 184 g/mol. The van der Waals surface area contributed by atoms with Crippen LogP contribution in [0.3, 0.4) is 0 Å². The highest BCUT2D eigenvalue weighted by Gasteiger charge is 2.27. The van der Waals surface area contributed by atoms with Crippen LogP contribution in [0, 0.1) is 5.92 Å². The molecule has 2 N–H and O–H groups in total. The molecule has 1 fully saturated rings. The first kappa shape index (κ1) is 10.7. The van der Waals surface area contributed by atoms with E-state index in [4.69, 9.17) is 0 Å². The van der Waals surface area contributed by atoms with Crippen LogP contribution in [0.4, 0.5) is 0 Å². The van der Waals surface area contributed by atoms with Crippen LogP contribution >= 0.6 is 0 Å². The van der Waals surface area contributed by atoms with Gasteiger partial charge in [-0.1, -0.05) is 0 Å². The molecule has 1 rings (SSSR count). The van der Waals surface area contributed by atoms with Crippen LogP contribution in [0.2, 0.25) is 0 Å². The molecule has 0 aromatic heterocycles. The van der Waals surface area contributed by atoms with Crippen molar-refractivity contribution in [2.24, 2.45) is 5.92 Å².